The summed E-state index contributed by atoms with van der Waals surface area (Å²) in [6, 6.07) is 3.68. The third-order valence-electron chi connectivity index (χ3n) is 4.12. The van der Waals surface area contributed by atoms with Crippen LogP contribution in [0.15, 0.2) is 12.1 Å². The zero-order valence-corrected chi connectivity index (χ0v) is 14.7. The quantitative estimate of drug-likeness (QED) is 0.867. The second-order valence-corrected chi connectivity index (χ2v) is 6.72. The zero-order chi connectivity index (χ0) is 16.8. The van der Waals surface area contributed by atoms with Crippen molar-refractivity contribution in [3.8, 4) is 0 Å². The number of aromatic nitrogens is 1. The highest BCUT2D eigenvalue weighted by molar-refractivity contribution is 5.88. The van der Waals surface area contributed by atoms with E-state index in [4.69, 9.17) is 0 Å². The van der Waals surface area contributed by atoms with Crippen LogP contribution >= 0.6 is 0 Å². The molecule has 1 saturated heterocycles. The van der Waals surface area contributed by atoms with Crippen LogP contribution < -0.4 is 10.6 Å². The maximum Gasteiger partial charge on any atom is 0.320 e. The summed E-state index contributed by atoms with van der Waals surface area (Å²) in [5.41, 5.74) is 2.00. The number of nitrogens with zero attached hydrogens (tertiary/aromatic N) is 3. The molecule has 1 unspecified atom stereocenters. The van der Waals surface area contributed by atoms with Crippen molar-refractivity contribution >= 4 is 11.8 Å². The Hall–Kier alpha value is -1.66. The normalized spacial score (nSPS) is 17.7. The first-order chi connectivity index (χ1) is 10.9. The van der Waals surface area contributed by atoms with Gasteiger partial charge >= 0.3 is 6.03 Å². The van der Waals surface area contributed by atoms with Crippen molar-refractivity contribution in [2.75, 3.05) is 51.6 Å². The number of pyridine rings is 1. The fraction of sp³-hybridized carbons (Fsp3) is 0.647. The predicted octanol–water partition coefficient (Wildman–Crippen LogP) is 1.70. The number of carbonyl (C=O) groups excluding carboxylic acids is 1. The number of carbonyl (C=O) groups is 1. The molecule has 1 atom stereocenters. The van der Waals surface area contributed by atoms with E-state index in [1.54, 1.807) is 0 Å². The van der Waals surface area contributed by atoms with Crippen LogP contribution in [0, 0.1) is 19.8 Å². The molecule has 0 radical (unpaired) electrons. The van der Waals surface area contributed by atoms with Gasteiger partial charge in [-0.1, -0.05) is 6.92 Å². The standard InChI is InChI=1S/C17H29N5O/c1-13-9-15(3)19-16(10-13)20-17(23)18-11-14(2)12-22-7-5-21(4)6-8-22/h9-10,14H,5-8,11-12H2,1-4H3,(H2,18,19,20,23). The minimum atomic E-state index is -0.187. The molecule has 2 heterocycles. The van der Waals surface area contributed by atoms with E-state index >= 15 is 0 Å². The van der Waals surface area contributed by atoms with Crippen LogP contribution in [0.25, 0.3) is 0 Å². The first-order valence-electron chi connectivity index (χ1n) is 8.33. The minimum Gasteiger partial charge on any atom is -0.338 e. The van der Waals surface area contributed by atoms with Gasteiger partial charge in [0.2, 0.25) is 0 Å². The van der Waals surface area contributed by atoms with Crippen molar-refractivity contribution in [3.63, 3.8) is 0 Å². The van der Waals surface area contributed by atoms with Gasteiger partial charge in [0.1, 0.15) is 5.82 Å². The number of aryl methyl sites for hydroxylation is 2. The Labute approximate surface area is 139 Å². The molecule has 0 spiro atoms. The number of hydrogen-bond donors (Lipinski definition) is 2. The van der Waals surface area contributed by atoms with Gasteiger partial charge in [-0.3, -0.25) is 5.32 Å². The Balaban J connectivity index is 1.71. The SMILES string of the molecule is Cc1cc(C)nc(NC(=O)NCC(C)CN2CCN(C)CC2)c1. The molecule has 2 amide bonds. The summed E-state index contributed by atoms with van der Waals surface area (Å²) in [5.74, 6) is 1.03. The van der Waals surface area contributed by atoms with E-state index in [0.29, 0.717) is 18.3 Å². The van der Waals surface area contributed by atoms with Gasteiger partial charge in [0.15, 0.2) is 0 Å². The third kappa shape index (κ3) is 6.15. The maximum atomic E-state index is 12.0. The van der Waals surface area contributed by atoms with Crippen molar-refractivity contribution in [2.24, 2.45) is 5.92 Å². The van der Waals surface area contributed by atoms with Crippen molar-refractivity contribution in [1.82, 2.24) is 20.1 Å². The smallest absolute Gasteiger partial charge is 0.320 e. The summed E-state index contributed by atoms with van der Waals surface area (Å²) in [4.78, 5) is 21.1. The van der Waals surface area contributed by atoms with Gasteiger partial charge < -0.3 is 15.1 Å². The van der Waals surface area contributed by atoms with Gasteiger partial charge in [-0.05, 0) is 44.5 Å². The van der Waals surface area contributed by atoms with Crippen LogP contribution in [0.2, 0.25) is 0 Å². The molecule has 0 bridgehead atoms. The van der Waals surface area contributed by atoms with Crippen molar-refractivity contribution in [2.45, 2.75) is 20.8 Å². The molecule has 6 heteroatoms. The van der Waals surface area contributed by atoms with Gasteiger partial charge in [0.05, 0.1) is 0 Å². The van der Waals surface area contributed by atoms with Crippen LogP contribution in [0.1, 0.15) is 18.2 Å². The van der Waals surface area contributed by atoms with Crippen LogP contribution in [0.4, 0.5) is 10.6 Å². The molecule has 1 fully saturated rings. The van der Waals surface area contributed by atoms with Crippen molar-refractivity contribution in [3.05, 3.63) is 23.4 Å². The fourth-order valence-corrected chi connectivity index (χ4v) is 2.87. The predicted molar refractivity (Wildman–Crippen MR) is 93.8 cm³/mol. The number of hydrogen-bond acceptors (Lipinski definition) is 4. The second-order valence-electron chi connectivity index (χ2n) is 6.72. The number of urea groups is 1. The summed E-state index contributed by atoms with van der Waals surface area (Å²) >= 11 is 0. The first kappa shape index (κ1) is 17.7. The van der Waals surface area contributed by atoms with E-state index in [-0.39, 0.29) is 6.03 Å². The number of rotatable bonds is 5. The number of anilines is 1. The Kier molecular flexibility index (Phi) is 6.36. The molecule has 1 aromatic heterocycles. The Bertz CT molecular complexity index is 505. The molecule has 23 heavy (non-hydrogen) atoms. The van der Waals surface area contributed by atoms with Crippen LogP contribution in [-0.2, 0) is 0 Å². The molecule has 0 saturated carbocycles. The molecule has 2 rings (SSSR count). The topological polar surface area (TPSA) is 60.5 Å². The van der Waals surface area contributed by atoms with Crippen LogP contribution in [-0.4, -0.2) is 67.1 Å². The first-order valence-corrected chi connectivity index (χ1v) is 8.33. The number of nitrogens with one attached hydrogen (secondary N) is 2. The monoisotopic (exact) mass is 319 g/mol. The third-order valence-corrected chi connectivity index (χ3v) is 4.12. The van der Waals surface area contributed by atoms with Gasteiger partial charge in [-0.25, -0.2) is 9.78 Å². The highest BCUT2D eigenvalue weighted by Crippen LogP contribution is 2.09. The van der Waals surface area contributed by atoms with Crippen molar-refractivity contribution < 1.29 is 4.79 Å². The summed E-state index contributed by atoms with van der Waals surface area (Å²) in [5, 5.41) is 5.75. The van der Waals surface area contributed by atoms with E-state index in [9.17, 15) is 4.79 Å². The molecule has 0 aliphatic carbocycles. The summed E-state index contributed by atoms with van der Waals surface area (Å²) in [7, 11) is 2.16. The number of likely N-dealkylation sites (N-methyl/N-ethyl adjacent to an activating group) is 1. The summed E-state index contributed by atoms with van der Waals surface area (Å²) in [6.45, 7) is 12.3. The molecular weight excluding hydrogens is 290 g/mol. The summed E-state index contributed by atoms with van der Waals surface area (Å²) < 4.78 is 0. The van der Waals surface area contributed by atoms with Crippen LogP contribution in [0.3, 0.4) is 0 Å². The van der Waals surface area contributed by atoms with Gasteiger partial charge in [-0.2, -0.15) is 0 Å². The van der Waals surface area contributed by atoms with E-state index in [0.717, 1.165) is 44.0 Å². The average Bonchev–Trinajstić information content (AvgIpc) is 2.46. The molecule has 2 N–H and O–H groups in total. The van der Waals surface area contributed by atoms with E-state index in [1.165, 1.54) is 0 Å². The molecule has 0 aromatic carbocycles. The fourth-order valence-electron chi connectivity index (χ4n) is 2.87. The van der Waals surface area contributed by atoms with Crippen molar-refractivity contribution in [1.29, 1.82) is 0 Å². The summed E-state index contributed by atoms with van der Waals surface area (Å²) in [6.07, 6.45) is 0. The van der Waals surface area contributed by atoms with E-state index in [2.05, 4.69) is 39.4 Å². The maximum absolute atomic E-state index is 12.0. The molecule has 128 valence electrons. The zero-order valence-electron chi connectivity index (χ0n) is 14.7. The van der Waals surface area contributed by atoms with Gasteiger partial charge in [0.25, 0.3) is 0 Å². The Morgan fingerprint density at radius 3 is 2.61 bits per heavy atom. The molecule has 6 nitrogen and oxygen atoms in total. The Morgan fingerprint density at radius 1 is 1.26 bits per heavy atom. The lowest BCUT2D eigenvalue weighted by Crippen LogP contribution is -2.47. The molecule has 1 aromatic rings. The minimum absolute atomic E-state index is 0.187. The number of piperazine rings is 1. The Morgan fingerprint density at radius 2 is 1.96 bits per heavy atom. The van der Waals surface area contributed by atoms with Gasteiger partial charge in [-0.15, -0.1) is 0 Å². The van der Waals surface area contributed by atoms with Crippen LogP contribution in [0.5, 0.6) is 0 Å². The number of amides is 2. The van der Waals surface area contributed by atoms with E-state index < -0.39 is 0 Å². The average molecular weight is 319 g/mol. The molecule has 1 aliphatic rings. The van der Waals surface area contributed by atoms with Gasteiger partial charge in [0, 0.05) is 45.0 Å². The lowest BCUT2D eigenvalue weighted by Gasteiger charge is -2.33. The lowest BCUT2D eigenvalue weighted by atomic mass is 10.1. The van der Waals surface area contributed by atoms with E-state index in [1.807, 2.05) is 26.0 Å². The highest BCUT2D eigenvalue weighted by atomic mass is 16.2. The lowest BCUT2D eigenvalue weighted by molar-refractivity contribution is 0.138. The highest BCUT2D eigenvalue weighted by Gasteiger charge is 2.16. The second kappa shape index (κ2) is 8.26. The molecule has 1 aliphatic heterocycles. The molecular formula is C17H29N5O. The largest absolute Gasteiger partial charge is 0.338 e.